The van der Waals surface area contributed by atoms with Gasteiger partial charge in [0, 0.05) is 21.7 Å². The standard InChI is InChI=1S/C14H12Br2FN3O/c1-2-18-13-10(5-8(15)7-19-13)14(21)20-12-4-3-9(17)6-11(12)16/h3-7H,2H2,1H3,(H,18,19)(H,20,21). The number of halogens is 3. The lowest BCUT2D eigenvalue weighted by atomic mass is 10.2. The van der Waals surface area contributed by atoms with Crippen LogP contribution < -0.4 is 10.6 Å². The molecule has 0 saturated carbocycles. The molecular formula is C14H12Br2FN3O. The van der Waals surface area contributed by atoms with E-state index in [0.29, 0.717) is 32.6 Å². The molecule has 0 fully saturated rings. The number of rotatable bonds is 4. The zero-order valence-corrected chi connectivity index (χ0v) is 14.3. The highest BCUT2D eigenvalue weighted by molar-refractivity contribution is 9.10. The van der Waals surface area contributed by atoms with E-state index in [1.54, 1.807) is 12.3 Å². The summed E-state index contributed by atoms with van der Waals surface area (Å²) in [5.74, 6) is -0.208. The van der Waals surface area contributed by atoms with Crippen LogP contribution in [0.15, 0.2) is 39.4 Å². The van der Waals surface area contributed by atoms with E-state index in [2.05, 4.69) is 47.5 Å². The van der Waals surface area contributed by atoms with Crippen molar-refractivity contribution in [2.75, 3.05) is 17.2 Å². The number of pyridine rings is 1. The third-order valence-electron chi connectivity index (χ3n) is 2.62. The molecule has 7 heteroatoms. The number of hydrogen-bond acceptors (Lipinski definition) is 3. The molecule has 0 radical (unpaired) electrons. The molecule has 1 heterocycles. The van der Waals surface area contributed by atoms with E-state index in [4.69, 9.17) is 0 Å². The Bertz CT molecular complexity index is 679. The van der Waals surface area contributed by atoms with Crippen LogP contribution in [-0.2, 0) is 0 Å². The van der Waals surface area contributed by atoms with Gasteiger partial charge in [-0.15, -0.1) is 0 Å². The Morgan fingerprint density at radius 2 is 2.10 bits per heavy atom. The summed E-state index contributed by atoms with van der Waals surface area (Å²) in [4.78, 5) is 16.5. The summed E-state index contributed by atoms with van der Waals surface area (Å²) in [6, 6.07) is 5.75. The van der Waals surface area contributed by atoms with Crippen LogP contribution in [0.1, 0.15) is 17.3 Å². The van der Waals surface area contributed by atoms with E-state index in [-0.39, 0.29) is 11.7 Å². The van der Waals surface area contributed by atoms with Crippen molar-refractivity contribution in [3.63, 3.8) is 0 Å². The average molecular weight is 417 g/mol. The fourth-order valence-corrected chi connectivity index (χ4v) is 2.48. The van der Waals surface area contributed by atoms with Crippen LogP contribution in [0.3, 0.4) is 0 Å². The number of carbonyl (C=O) groups is 1. The Morgan fingerprint density at radius 1 is 1.33 bits per heavy atom. The quantitative estimate of drug-likeness (QED) is 0.775. The number of nitrogens with one attached hydrogen (secondary N) is 2. The van der Waals surface area contributed by atoms with Crippen LogP contribution in [0.2, 0.25) is 0 Å². The first-order valence-electron chi connectivity index (χ1n) is 6.17. The van der Waals surface area contributed by atoms with Crippen LogP contribution in [0.25, 0.3) is 0 Å². The molecule has 1 amide bonds. The molecule has 0 aliphatic heterocycles. The molecule has 0 aliphatic carbocycles. The van der Waals surface area contributed by atoms with Crippen molar-refractivity contribution in [1.29, 1.82) is 0 Å². The molecular weight excluding hydrogens is 405 g/mol. The predicted octanol–water partition coefficient (Wildman–Crippen LogP) is 4.43. The van der Waals surface area contributed by atoms with Gasteiger partial charge in [-0.25, -0.2) is 9.37 Å². The fourth-order valence-electron chi connectivity index (χ4n) is 1.70. The molecule has 21 heavy (non-hydrogen) atoms. The van der Waals surface area contributed by atoms with Gasteiger partial charge >= 0.3 is 0 Å². The summed E-state index contributed by atoms with van der Waals surface area (Å²) in [5.41, 5.74) is 0.895. The van der Waals surface area contributed by atoms with Crippen molar-refractivity contribution >= 4 is 49.3 Å². The van der Waals surface area contributed by atoms with Crippen LogP contribution in [0.5, 0.6) is 0 Å². The maximum absolute atomic E-state index is 13.1. The maximum atomic E-state index is 13.1. The van der Waals surface area contributed by atoms with Gasteiger partial charge in [0.15, 0.2) is 0 Å². The van der Waals surface area contributed by atoms with Crippen LogP contribution in [-0.4, -0.2) is 17.4 Å². The van der Waals surface area contributed by atoms with Gasteiger partial charge in [0.1, 0.15) is 11.6 Å². The first-order valence-corrected chi connectivity index (χ1v) is 7.75. The summed E-state index contributed by atoms with van der Waals surface area (Å²) < 4.78 is 14.2. The summed E-state index contributed by atoms with van der Waals surface area (Å²) in [6.07, 6.45) is 1.61. The lowest BCUT2D eigenvalue weighted by Gasteiger charge is -2.11. The topological polar surface area (TPSA) is 54.0 Å². The normalized spacial score (nSPS) is 10.3. The zero-order chi connectivity index (χ0) is 15.4. The molecule has 1 aromatic carbocycles. The molecule has 1 aromatic heterocycles. The Hall–Kier alpha value is -1.47. The molecule has 0 saturated heterocycles. The highest BCUT2D eigenvalue weighted by atomic mass is 79.9. The third-order valence-corrected chi connectivity index (χ3v) is 3.71. The zero-order valence-electron chi connectivity index (χ0n) is 11.1. The molecule has 0 spiro atoms. The highest BCUT2D eigenvalue weighted by Gasteiger charge is 2.14. The minimum atomic E-state index is -0.377. The van der Waals surface area contributed by atoms with Gasteiger partial charge in [0.05, 0.1) is 11.3 Å². The van der Waals surface area contributed by atoms with E-state index in [1.807, 2.05) is 6.92 Å². The molecule has 0 aliphatic rings. The minimum Gasteiger partial charge on any atom is -0.370 e. The second kappa shape index (κ2) is 7.00. The highest BCUT2D eigenvalue weighted by Crippen LogP contribution is 2.25. The summed E-state index contributed by atoms with van der Waals surface area (Å²) in [5, 5.41) is 5.76. The molecule has 110 valence electrons. The first-order chi connectivity index (χ1) is 10.0. The van der Waals surface area contributed by atoms with Crippen LogP contribution >= 0.6 is 31.9 Å². The van der Waals surface area contributed by atoms with Gasteiger partial charge < -0.3 is 10.6 Å². The molecule has 2 N–H and O–H groups in total. The molecule has 0 bridgehead atoms. The number of nitrogens with zero attached hydrogens (tertiary/aromatic N) is 1. The van der Waals surface area contributed by atoms with Crippen molar-refractivity contribution in [2.45, 2.75) is 6.92 Å². The number of hydrogen-bond donors (Lipinski definition) is 2. The molecule has 2 rings (SSSR count). The van der Waals surface area contributed by atoms with E-state index in [9.17, 15) is 9.18 Å². The van der Waals surface area contributed by atoms with Crippen molar-refractivity contribution in [3.05, 3.63) is 50.8 Å². The van der Waals surface area contributed by atoms with Crippen molar-refractivity contribution in [1.82, 2.24) is 4.98 Å². The number of amides is 1. The van der Waals surface area contributed by atoms with Crippen molar-refractivity contribution < 1.29 is 9.18 Å². The fraction of sp³-hybridized carbons (Fsp3) is 0.143. The van der Waals surface area contributed by atoms with Crippen molar-refractivity contribution in [2.24, 2.45) is 0 Å². The Labute approximate surface area is 138 Å². The predicted molar refractivity (Wildman–Crippen MR) is 88.2 cm³/mol. The number of carbonyl (C=O) groups excluding carboxylic acids is 1. The van der Waals surface area contributed by atoms with Crippen molar-refractivity contribution in [3.8, 4) is 0 Å². The maximum Gasteiger partial charge on any atom is 0.259 e. The number of anilines is 2. The van der Waals surface area contributed by atoms with Gasteiger partial charge in [-0.1, -0.05) is 0 Å². The van der Waals surface area contributed by atoms with Crippen LogP contribution in [0, 0.1) is 5.82 Å². The lowest BCUT2D eigenvalue weighted by Crippen LogP contribution is -2.16. The largest absolute Gasteiger partial charge is 0.370 e. The molecule has 2 aromatic rings. The minimum absolute atomic E-state index is 0.327. The second-order valence-corrected chi connectivity index (χ2v) is 5.93. The smallest absolute Gasteiger partial charge is 0.259 e. The Morgan fingerprint density at radius 3 is 2.76 bits per heavy atom. The van der Waals surface area contributed by atoms with Crippen LogP contribution in [0.4, 0.5) is 15.9 Å². The lowest BCUT2D eigenvalue weighted by molar-refractivity contribution is 0.102. The van der Waals surface area contributed by atoms with E-state index >= 15 is 0 Å². The molecule has 0 atom stereocenters. The number of aromatic nitrogens is 1. The van der Waals surface area contributed by atoms with Gasteiger partial charge in [-0.3, -0.25) is 4.79 Å². The van der Waals surface area contributed by atoms with Gasteiger partial charge in [-0.2, -0.15) is 0 Å². The van der Waals surface area contributed by atoms with E-state index in [1.165, 1.54) is 18.2 Å². The Kier molecular flexibility index (Phi) is 5.30. The third kappa shape index (κ3) is 4.01. The summed E-state index contributed by atoms with van der Waals surface area (Å²) in [7, 11) is 0. The Balaban J connectivity index is 2.29. The summed E-state index contributed by atoms with van der Waals surface area (Å²) >= 11 is 6.51. The second-order valence-electron chi connectivity index (χ2n) is 4.16. The summed E-state index contributed by atoms with van der Waals surface area (Å²) in [6.45, 7) is 2.57. The van der Waals surface area contributed by atoms with Gasteiger partial charge in [-0.05, 0) is 63.0 Å². The molecule has 4 nitrogen and oxygen atoms in total. The van der Waals surface area contributed by atoms with E-state index < -0.39 is 0 Å². The number of benzene rings is 1. The van der Waals surface area contributed by atoms with Gasteiger partial charge in [0.2, 0.25) is 0 Å². The SMILES string of the molecule is CCNc1ncc(Br)cc1C(=O)Nc1ccc(F)cc1Br. The van der Waals surface area contributed by atoms with Gasteiger partial charge in [0.25, 0.3) is 5.91 Å². The monoisotopic (exact) mass is 415 g/mol. The first kappa shape index (κ1) is 15.9. The molecule has 0 unspecified atom stereocenters. The van der Waals surface area contributed by atoms with E-state index in [0.717, 1.165) is 0 Å². The average Bonchev–Trinajstić information content (AvgIpc) is 2.44.